The Morgan fingerprint density at radius 3 is 1.18 bits per heavy atom. The van der Waals surface area contributed by atoms with Crippen molar-refractivity contribution in [1.82, 2.24) is 0 Å². The van der Waals surface area contributed by atoms with E-state index in [2.05, 4.69) is 0 Å². The van der Waals surface area contributed by atoms with Crippen molar-refractivity contribution in [2.75, 3.05) is 0 Å². The van der Waals surface area contributed by atoms with Gasteiger partial charge in [-0.05, 0) is 12.1 Å². The molecule has 0 N–H and O–H groups in total. The molecule has 0 aromatic heterocycles. The number of benzene rings is 2. The molecule has 2 rings (SSSR count). The van der Waals surface area contributed by atoms with Gasteiger partial charge in [0.15, 0.2) is 0 Å². The molecule has 0 aliphatic heterocycles. The summed E-state index contributed by atoms with van der Waals surface area (Å²) in [4.78, 5) is 0.245. The SMILES string of the molecule is O=S(c1cc(Cl)c(Cl)c(Cl)c1Cl)c1cc(Cl)c(Cl)c(Cl)c1Cl. The summed E-state index contributed by atoms with van der Waals surface area (Å²) < 4.78 is 12.7. The first-order chi connectivity index (χ1) is 10.2. The van der Waals surface area contributed by atoms with Crippen LogP contribution in [0.3, 0.4) is 0 Å². The lowest BCUT2D eigenvalue weighted by Crippen LogP contribution is -1.97. The van der Waals surface area contributed by atoms with E-state index in [1.807, 2.05) is 0 Å². The summed E-state index contributed by atoms with van der Waals surface area (Å²) in [7, 11) is -1.85. The zero-order chi connectivity index (χ0) is 16.8. The van der Waals surface area contributed by atoms with Gasteiger partial charge in [-0.2, -0.15) is 0 Å². The Kier molecular flexibility index (Phi) is 6.50. The third-order valence-electron chi connectivity index (χ3n) is 2.54. The third kappa shape index (κ3) is 3.46. The first kappa shape index (κ1) is 19.2. The lowest BCUT2D eigenvalue weighted by atomic mass is 10.3. The molecule has 0 heterocycles. The Balaban J connectivity index is 2.69. The molecule has 0 unspecified atom stereocenters. The second-order valence-corrected chi connectivity index (χ2v) is 8.36. The maximum Gasteiger partial charge on any atom is 0.0882 e. The van der Waals surface area contributed by atoms with E-state index in [1.54, 1.807) is 0 Å². The zero-order valence-electron chi connectivity index (χ0n) is 9.99. The highest BCUT2D eigenvalue weighted by Gasteiger charge is 2.23. The molecule has 10 heteroatoms. The molecular formula is C12H2Cl8OS. The quantitative estimate of drug-likeness (QED) is 0.315. The number of hydrogen-bond donors (Lipinski definition) is 0. The minimum atomic E-state index is -1.85. The average Bonchev–Trinajstić information content (AvgIpc) is 2.49. The van der Waals surface area contributed by atoms with Crippen LogP contribution in [0.1, 0.15) is 0 Å². The molecule has 0 saturated carbocycles. The fourth-order valence-electron chi connectivity index (χ4n) is 1.49. The minimum Gasteiger partial charge on any atom is -0.249 e. The summed E-state index contributed by atoms with van der Waals surface area (Å²) in [5.41, 5.74) is 0. The van der Waals surface area contributed by atoms with Crippen LogP contribution in [0.25, 0.3) is 0 Å². The van der Waals surface area contributed by atoms with Gasteiger partial charge in [0.2, 0.25) is 0 Å². The standard InChI is InChI=1S/C12H2Cl8OS/c13-3-1-5(9(17)11(19)7(3)15)22(21)6-2-4(14)8(16)12(20)10(6)18/h1-2H. The predicted molar refractivity (Wildman–Crippen MR) is 97.6 cm³/mol. The van der Waals surface area contributed by atoms with E-state index >= 15 is 0 Å². The van der Waals surface area contributed by atoms with Crippen molar-refractivity contribution in [2.24, 2.45) is 0 Å². The Morgan fingerprint density at radius 2 is 0.864 bits per heavy atom. The highest BCUT2D eigenvalue weighted by Crippen LogP contribution is 2.44. The molecule has 2 aromatic rings. The lowest BCUT2D eigenvalue weighted by molar-refractivity contribution is 0.683. The maximum atomic E-state index is 12.7. The molecule has 2 aromatic carbocycles. The molecule has 0 aliphatic carbocycles. The molecular weight excluding hydrogens is 476 g/mol. The van der Waals surface area contributed by atoms with E-state index in [-0.39, 0.29) is 50.0 Å². The first-order valence-corrected chi connectivity index (χ1v) is 9.42. The van der Waals surface area contributed by atoms with E-state index < -0.39 is 10.8 Å². The summed E-state index contributed by atoms with van der Waals surface area (Å²) in [5, 5.41) is 0.284. The maximum absolute atomic E-state index is 12.7. The van der Waals surface area contributed by atoms with Crippen molar-refractivity contribution >= 4 is 104 Å². The van der Waals surface area contributed by atoms with Gasteiger partial charge in [-0.15, -0.1) is 0 Å². The van der Waals surface area contributed by atoms with Crippen LogP contribution in [0.5, 0.6) is 0 Å². The predicted octanol–water partition coefficient (Wildman–Crippen LogP) is 8.08. The van der Waals surface area contributed by atoms with Crippen LogP contribution in [0.2, 0.25) is 40.2 Å². The van der Waals surface area contributed by atoms with E-state index in [4.69, 9.17) is 92.8 Å². The summed E-state index contributed by atoms with van der Waals surface area (Å²) in [5.74, 6) is 0. The monoisotopic (exact) mass is 474 g/mol. The van der Waals surface area contributed by atoms with Crippen molar-refractivity contribution in [3.05, 3.63) is 52.3 Å². The molecule has 0 saturated heterocycles. The fraction of sp³-hybridized carbons (Fsp3) is 0. The van der Waals surface area contributed by atoms with Crippen LogP contribution in [0, 0.1) is 0 Å². The van der Waals surface area contributed by atoms with E-state index in [9.17, 15) is 4.21 Å². The fourth-order valence-corrected chi connectivity index (χ4v) is 4.97. The lowest BCUT2D eigenvalue weighted by Gasteiger charge is -2.12. The van der Waals surface area contributed by atoms with Gasteiger partial charge in [0, 0.05) is 0 Å². The Labute approximate surface area is 168 Å². The van der Waals surface area contributed by atoms with Gasteiger partial charge in [-0.3, -0.25) is 0 Å². The highest BCUT2D eigenvalue weighted by atomic mass is 35.5. The summed E-state index contributed by atoms with van der Waals surface area (Å²) in [6, 6.07) is 2.67. The Bertz CT molecular complexity index is 739. The number of rotatable bonds is 2. The molecule has 0 radical (unpaired) electrons. The second-order valence-electron chi connectivity index (χ2n) is 3.87. The van der Waals surface area contributed by atoms with Crippen molar-refractivity contribution in [3.8, 4) is 0 Å². The number of hydrogen-bond acceptors (Lipinski definition) is 1. The van der Waals surface area contributed by atoms with Crippen LogP contribution in [-0.2, 0) is 10.8 Å². The third-order valence-corrected chi connectivity index (χ3v) is 7.71. The summed E-state index contributed by atoms with van der Waals surface area (Å²) >= 11 is 47.7. The Morgan fingerprint density at radius 1 is 0.545 bits per heavy atom. The highest BCUT2D eigenvalue weighted by molar-refractivity contribution is 7.85. The Hall–Kier alpha value is 0.910. The van der Waals surface area contributed by atoms with Gasteiger partial charge >= 0.3 is 0 Å². The van der Waals surface area contributed by atoms with E-state index in [1.165, 1.54) is 12.1 Å². The molecule has 0 bridgehead atoms. The minimum absolute atomic E-state index is 0.00679. The molecule has 118 valence electrons. The number of halogens is 8. The second kappa shape index (κ2) is 7.43. The smallest absolute Gasteiger partial charge is 0.0882 e. The molecule has 0 atom stereocenters. The summed E-state index contributed by atoms with van der Waals surface area (Å²) in [6.07, 6.45) is 0. The van der Waals surface area contributed by atoms with Crippen molar-refractivity contribution in [2.45, 2.75) is 9.79 Å². The molecule has 1 nitrogen and oxygen atoms in total. The molecule has 0 fully saturated rings. The van der Waals surface area contributed by atoms with E-state index in [0.29, 0.717) is 0 Å². The largest absolute Gasteiger partial charge is 0.249 e. The summed E-state index contributed by atoms with van der Waals surface area (Å²) in [6.45, 7) is 0. The van der Waals surface area contributed by atoms with Crippen LogP contribution in [0.4, 0.5) is 0 Å². The first-order valence-electron chi connectivity index (χ1n) is 5.24. The van der Waals surface area contributed by atoms with Gasteiger partial charge in [-0.1, -0.05) is 92.8 Å². The van der Waals surface area contributed by atoms with Crippen LogP contribution < -0.4 is 0 Å². The molecule has 0 amide bonds. The molecule has 0 spiro atoms. The van der Waals surface area contributed by atoms with Crippen LogP contribution in [-0.4, -0.2) is 4.21 Å². The average molecular weight is 478 g/mol. The van der Waals surface area contributed by atoms with Gasteiger partial charge in [-0.25, -0.2) is 4.21 Å². The van der Waals surface area contributed by atoms with Gasteiger partial charge in [0.1, 0.15) is 0 Å². The van der Waals surface area contributed by atoms with Crippen molar-refractivity contribution < 1.29 is 4.21 Å². The van der Waals surface area contributed by atoms with Crippen LogP contribution >= 0.6 is 92.8 Å². The van der Waals surface area contributed by atoms with Gasteiger partial charge < -0.3 is 0 Å². The van der Waals surface area contributed by atoms with Crippen molar-refractivity contribution in [1.29, 1.82) is 0 Å². The van der Waals surface area contributed by atoms with Gasteiger partial charge in [0.05, 0.1) is 60.8 Å². The van der Waals surface area contributed by atoms with Gasteiger partial charge in [0.25, 0.3) is 0 Å². The molecule has 0 aliphatic rings. The normalized spacial score (nSPS) is 11.3. The zero-order valence-corrected chi connectivity index (χ0v) is 16.9. The molecule has 22 heavy (non-hydrogen) atoms. The van der Waals surface area contributed by atoms with Crippen LogP contribution in [0.15, 0.2) is 21.9 Å². The topological polar surface area (TPSA) is 17.1 Å². The van der Waals surface area contributed by atoms with Crippen molar-refractivity contribution in [3.63, 3.8) is 0 Å². The van der Waals surface area contributed by atoms with E-state index in [0.717, 1.165) is 0 Å².